The van der Waals surface area contributed by atoms with Gasteiger partial charge >= 0.3 is 5.97 Å². The van der Waals surface area contributed by atoms with Crippen molar-refractivity contribution in [3.05, 3.63) is 34.9 Å². The van der Waals surface area contributed by atoms with Crippen molar-refractivity contribution in [3.63, 3.8) is 0 Å². The summed E-state index contributed by atoms with van der Waals surface area (Å²) in [6.45, 7) is 5.26. The molecular weight excluding hydrogens is 306 g/mol. The van der Waals surface area contributed by atoms with Gasteiger partial charge in [-0.2, -0.15) is 0 Å². The molecular formula is C16H22ClNO4. The van der Waals surface area contributed by atoms with Crippen LogP contribution < -0.4 is 0 Å². The Bertz CT molecular complexity index is 507. The number of ether oxygens (including phenoxy) is 1. The third-order valence-corrected chi connectivity index (χ3v) is 3.43. The van der Waals surface area contributed by atoms with Gasteiger partial charge < -0.3 is 14.7 Å². The molecule has 0 aliphatic carbocycles. The van der Waals surface area contributed by atoms with Crippen LogP contribution in [0.25, 0.3) is 0 Å². The first kappa shape index (κ1) is 18.5. The van der Waals surface area contributed by atoms with Crippen LogP contribution in [0.3, 0.4) is 0 Å². The van der Waals surface area contributed by atoms with Gasteiger partial charge in [0.15, 0.2) is 0 Å². The quantitative estimate of drug-likeness (QED) is 0.708. The molecule has 0 radical (unpaired) electrons. The number of carboxylic acids is 1. The highest BCUT2D eigenvalue weighted by Gasteiger charge is 2.21. The summed E-state index contributed by atoms with van der Waals surface area (Å²) in [5.41, 5.74) is 0.460. The smallest absolute Gasteiger partial charge is 0.308 e. The lowest BCUT2D eigenvalue weighted by Crippen LogP contribution is -2.38. The third-order valence-electron chi connectivity index (χ3n) is 3.20. The van der Waals surface area contributed by atoms with Crippen molar-refractivity contribution in [1.82, 2.24) is 4.90 Å². The maximum absolute atomic E-state index is 12.6. The second kappa shape index (κ2) is 9.43. The van der Waals surface area contributed by atoms with Crippen molar-refractivity contribution >= 4 is 23.5 Å². The van der Waals surface area contributed by atoms with Gasteiger partial charge in [0.1, 0.15) is 0 Å². The van der Waals surface area contributed by atoms with Crippen LogP contribution >= 0.6 is 11.6 Å². The number of benzene rings is 1. The van der Waals surface area contributed by atoms with Crippen molar-refractivity contribution < 1.29 is 19.4 Å². The summed E-state index contributed by atoms with van der Waals surface area (Å²) in [5, 5.41) is 9.53. The summed E-state index contributed by atoms with van der Waals surface area (Å²) in [6, 6.07) is 6.66. The highest BCUT2D eigenvalue weighted by Crippen LogP contribution is 2.14. The molecule has 1 aromatic carbocycles. The van der Waals surface area contributed by atoms with Crippen molar-refractivity contribution in [2.24, 2.45) is 5.92 Å². The van der Waals surface area contributed by atoms with E-state index in [0.29, 0.717) is 36.8 Å². The van der Waals surface area contributed by atoms with Gasteiger partial charge in [-0.15, -0.1) is 0 Å². The Balaban J connectivity index is 2.78. The minimum atomic E-state index is -0.922. The normalized spacial score (nSPS) is 12.0. The highest BCUT2D eigenvalue weighted by atomic mass is 35.5. The molecule has 0 heterocycles. The molecule has 1 aromatic rings. The molecule has 1 atom stereocenters. The van der Waals surface area contributed by atoms with Gasteiger partial charge in [0.2, 0.25) is 0 Å². The number of hydrogen-bond donors (Lipinski definition) is 1. The zero-order valence-electron chi connectivity index (χ0n) is 12.9. The second-order valence-electron chi connectivity index (χ2n) is 5.05. The zero-order valence-corrected chi connectivity index (χ0v) is 13.7. The Morgan fingerprint density at radius 2 is 2.14 bits per heavy atom. The van der Waals surface area contributed by atoms with Gasteiger partial charge in [-0.25, -0.2) is 0 Å². The van der Waals surface area contributed by atoms with Gasteiger partial charge in [0.05, 0.1) is 5.92 Å². The molecule has 0 fully saturated rings. The molecule has 0 aromatic heterocycles. The summed E-state index contributed by atoms with van der Waals surface area (Å²) >= 11 is 5.91. The van der Waals surface area contributed by atoms with E-state index in [1.165, 1.54) is 0 Å². The Morgan fingerprint density at radius 1 is 1.41 bits per heavy atom. The molecule has 1 rings (SSSR count). The molecule has 0 aliphatic rings. The first-order valence-electron chi connectivity index (χ1n) is 7.31. The average Bonchev–Trinajstić information content (AvgIpc) is 2.49. The molecule has 0 saturated heterocycles. The SMILES string of the molecule is CCOCCCN(CC(C)C(=O)O)C(=O)c1cccc(Cl)c1. The molecule has 122 valence electrons. The Morgan fingerprint density at radius 3 is 2.73 bits per heavy atom. The minimum Gasteiger partial charge on any atom is -0.481 e. The molecule has 1 unspecified atom stereocenters. The number of aliphatic carboxylic acids is 1. The second-order valence-corrected chi connectivity index (χ2v) is 5.49. The Hall–Kier alpha value is -1.59. The number of amides is 1. The van der Waals surface area contributed by atoms with Crippen molar-refractivity contribution in [3.8, 4) is 0 Å². The van der Waals surface area contributed by atoms with Gasteiger partial charge in [0.25, 0.3) is 5.91 Å². The van der Waals surface area contributed by atoms with E-state index >= 15 is 0 Å². The minimum absolute atomic E-state index is 0.160. The average molecular weight is 328 g/mol. The molecule has 5 nitrogen and oxygen atoms in total. The summed E-state index contributed by atoms with van der Waals surface area (Å²) in [7, 11) is 0. The maximum atomic E-state index is 12.6. The van der Waals surface area contributed by atoms with Crippen LogP contribution in [-0.2, 0) is 9.53 Å². The third kappa shape index (κ3) is 6.03. The molecule has 1 N–H and O–H groups in total. The van der Waals surface area contributed by atoms with Crippen LogP contribution in [0.15, 0.2) is 24.3 Å². The predicted molar refractivity (Wildman–Crippen MR) is 85.3 cm³/mol. The number of hydrogen-bond acceptors (Lipinski definition) is 3. The number of carboxylic acid groups (broad SMARTS) is 1. The fraction of sp³-hybridized carbons (Fsp3) is 0.500. The van der Waals surface area contributed by atoms with Crippen LogP contribution in [0.5, 0.6) is 0 Å². The largest absolute Gasteiger partial charge is 0.481 e. The summed E-state index contributed by atoms with van der Waals surface area (Å²) < 4.78 is 5.27. The van der Waals surface area contributed by atoms with E-state index in [4.69, 9.17) is 21.4 Å². The van der Waals surface area contributed by atoms with E-state index in [0.717, 1.165) is 0 Å². The Labute approximate surface area is 135 Å². The first-order chi connectivity index (χ1) is 10.5. The highest BCUT2D eigenvalue weighted by molar-refractivity contribution is 6.30. The summed E-state index contributed by atoms with van der Waals surface area (Å²) in [6.07, 6.45) is 0.659. The lowest BCUT2D eigenvalue weighted by Gasteiger charge is -2.24. The molecule has 0 saturated carbocycles. The number of halogens is 1. The molecule has 1 amide bonds. The molecule has 0 bridgehead atoms. The van der Waals surface area contributed by atoms with Gasteiger partial charge in [-0.3, -0.25) is 9.59 Å². The van der Waals surface area contributed by atoms with E-state index < -0.39 is 11.9 Å². The van der Waals surface area contributed by atoms with Crippen molar-refractivity contribution in [2.45, 2.75) is 20.3 Å². The summed E-state index contributed by atoms with van der Waals surface area (Å²) in [4.78, 5) is 25.1. The topological polar surface area (TPSA) is 66.8 Å². The fourth-order valence-corrected chi connectivity index (χ4v) is 2.18. The van der Waals surface area contributed by atoms with Gasteiger partial charge in [-0.1, -0.05) is 24.6 Å². The molecule has 22 heavy (non-hydrogen) atoms. The van der Waals surface area contributed by atoms with Crippen LogP contribution in [0.4, 0.5) is 0 Å². The van der Waals surface area contributed by atoms with E-state index in [2.05, 4.69) is 0 Å². The van der Waals surface area contributed by atoms with Crippen LogP contribution in [0.1, 0.15) is 30.6 Å². The van der Waals surface area contributed by atoms with E-state index in [1.54, 1.807) is 36.1 Å². The molecule has 0 spiro atoms. The molecule has 0 aliphatic heterocycles. The Kier molecular flexibility index (Phi) is 7.91. The fourth-order valence-electron chi connectivity index (χ4n) is 1.99. The van der Waals surface area contributed by atoms with E-state index in [1.807, 2.05) is 6.92 Å². The predicted octanol–water partition coefficient (Wildman–Crippen LogP) is 2.93. The zero-order chi connectivity index (χ0) is 16.5. The van der Waals surface area contributed by atoms with Crippen LogP contribution in [-0.4, -0.2) is 48.2 Å². The van der Waals surface area contributed by atoms with E-state index in [-0.39, 0.29) is 12.5 Å². The lowest BCUT2D eigenvalue weighted by molar-refractivity contribution is -0.141. The van der Waals surface area contributed by atoms with Gasteiger partial charge in [0, 0.05) is 36.9 Å². The molecule has 6 heteroatoms. The van der Waals surface area contributed by atoms with Gasteiger partial charge in [-0.05, 0) is 31.5 Å². The van der Waals surface area contributed by atoms with Crippen LogP contribution in [0, 0.1) is 5.92 Å². The number of nitrogens with zero attached hydrogens (tertiary/aromatic N) is 1. The standard InChI is InChI=1S/C16H22ClNO4/c1-3-22-9-5-8-18(11-12(2)16(20)21)15(19)13-6-4-7-14(17)10-13/h4,6-7,10,12H,3,5,8-9,11H2,1-2H3,(H,20,21). The number of rotatable bonds is 9. The van der Waals surface area contributed by atoms with Crippen LogP contribution in [0.2, 0.25) is 5.02 Å². The maximum Gasteiger partial charge on any atom is 0.308 e. The monoisotopic (exact) mass is 327 g/mol. The number of carbonyl (C=O) groups is 2. The van der Waals surface area contributed by atoms with Crippen molar-refractivity contribution in [1.29, 1.82) is 0 Å². The van der Waals surface area contributed by atoms with Crippen molar-refractivity contribution in [2.75, 3.05) is 26.3 Å². The van der Waals surface area contributed by atoms with E-state index in [9.17, 15) is 9.59 Å². The number of carbonyl (C=O) groups excluding carboxylic acids is 1. The lowest BCUT2D eigenvalue weighted by atomic mass is 10.1. The summed E-state index contributed by atoms with van der Waals surface area (Å²) in [5.74, 6) is -1.77. The first-order valence-corrected chi connectivity index (χ1v) is 7.68.